The summed E-state index contributed by atoms with van der Waals surface area (Å²) < 4.78 is 6.15. The van der Waals surface area contributed by atoms with Crippen molar-refractivity contribution in [2.75, 3.05) is 29.9 Å². The number of aliphatic hydroxyl groups is 1. The molecule has 1 aromatic heterocycles. The number of ether oxygens (including phenoxy) is 1. The van der Waals surface area contributed by atoms with Gasteiger partial charge in [-0.25, -0.2) is 4.98 Å². The Bertz CT molecular complexity index is 781. The normalized spacial score (nSPS) is 18.9. The summed E-state index contributed by atoms with van der Waals surface area (Å²) in [5.74, 6) is 2.35. The summed E-state index contributed by atoms with van der Waals surface area (Å²) >= 11 is 0. The topological polar surface area (TPSA) is 57.6 Å². The van der Waals surface area contributed by atoms with Crippen molar-refractivity contribution in [2.45, 2.75) is 45.3 Å². The second-order valence-corrected chi connectivity index (χ2v) is 8.31. The summed E-state index contributed by atoms with van der Waals surface area (Å²) in [6.07, 6.45) is 4.99. The highest BCUT2D eigenvalue weighted by Gasteiger charge is 2.31. The fraction of sp³-hybridized carbons (Fsp3) is 0.500. The molecule has 4 rings (SSSR count). The van der Waals surface area contributed by atoms with Gasteiger partial charge in [-0.15, -0.1) is 0 Å². The molecule has 0 amide bonds. The van der Waals surface area contributed by atoms with Gasteiger partial charge in [0.1, 0.15) is 17.2 Å². The number of pyridine rings is 1. The number of fused-ring (bicyclic) bond motifs is 1. The van der Waals surface area contributed by atoms with Crippen molar-refractivity contribution in [1.29, 1.82) is 0 Å². The number of aliphatic hydroxyl groups excluding tert-OH is 1. The Balaban J connectivity index is 1.37. The SMILES string of the molecule is CC1(C)Cc2cccc(CNc3ccc(N4CCC(CO)CC4)cn3)c2O1. The lowest BCUT2D eigenvalue weighted by Crippen LogP contribution is -2.34. The van der Waals surface area contributed by atoms with Gasteiger partial charge in [-0.1, -0.05) is 18.2 Å². The van der Waals surface area contributed by atoms with Gasteiger partial charge in [0.15, 0.2) is 0 Å². The molecule has 0 bridgehead atoms. The van der Waals surface area contributed by atoms with E-state index < -0.39 is 0 Å². The predicted octanol–water partition coefficient (Wildman–Crippen LogP) is 3.62. The number of nitrogens with zero attached hydrogens (tertiary/aromatic N) is 2. The molecule has 5 heteroatoms. The number of rotatable bonds is 5. The average Bonchev–Trinajstić information content (AvgIpc) is 3.01. The molecule has 0 atom stereocenters. The summed E-state index contributed by atoms with van der Waals surface area (Å²) in [4.78, 5) is 6.94. The van der Waals surface area contributed by atoms with Crippen LogP contribution in [-0.4, -0.2) is 35.4 Å². The first kappa shape index (κ1) is 18.1. The number of hydrogen-bond acceptors (Lipinski definition) is 5. The summed E-state index contributed by atoms with van der Waals surface area (Å²) in [7, 11) is 0. The maximum atomic E-state index is 9.28. The molecular weight excluding hydrogens is 338 g/mol. The first-order valence-electron chi connectivity index (χ1n) is 9.89. The monoisotopic (exact) mass is 367 g/mol. The molecule has 1 fully saturated rings. The number of piperidine rings is 1. The Kier molecular flexibility index (Phi) is 4.96. The van der Waals surface area contributed by atoms with Crippen molar-refractivity contribution in [2.24, 2.45) is 5.92 Å². The van der Waals surface area contributed by atoms with E-state index in [1.807, 2.05) is 12.3 Å². The van der Waals surface area contributed by atoms with Crippen LogP contribution >= 0.6 is 0 Å². The Labute approximate surface area is 161 Å². The molecule has 3 heterocycles. The third-order valence-electron chi connectivity index (χ3n) is 5.62. The molecular formula is C22H29N3O2. The Morgan fingerprint density at radius 1 is 1.22 bits per heavy atom. The Hall–Kier alpha value is -2.27. The van der Waals surface area contributed by atoms with Crippen LogP contribution in [0.15, 0.2) is 36.5 Å². The van der Waals surface area contributed by atoms with E-state index >= 15 is 0 Å². The lowest BCUT2D eigenvalue weighted by molar-refractivity contribution is 0.137. The third kappa shape index (κ3) is 4.03. The standard InChI is InChI=1S/C22H29N3O2/c1-22(2)12-17-4-3-5-18(21(17)27-22)13-23-20-7-6-19(14-24-20)25-10-8-16(15-26)9-11-25/h3-7,14,16,26H,8-13,15H2,1-2H3,(H,23,24). The van der Waals surface area contributed by atoms with Gasteiger partial charge in [-0.05, 0) is 50.3 Å². The lowest BCUT2D eigenvalue weighted by Gasteiger charge is -2.32. The van der Waals surface area contributed by atoms with Crippen molar-refractivity contribution < 1.29 is 9.84 Å². The van der Waals surface area contributed by atoms with Crippen LogP contribution in [0.25, 0.3) is 0 Å². The van der Waals surface area contributed by atoms with E-state index in [4.69, 9.17) is 4.74 Å². The van der Waals surface area contributed by atoms with Crippen molar-refractivity contribution in [3.8, 4) is 5.75 Å². The number of aromatic nitrogens is 1. The fourth-order valence-corrected chi connectivity index (χ4v) is 4.06. The van der Waals surface area contributed by atoms with E-state index in [1.54, 1.807) is 0 Å². The van der Waals surface area contributed by atoms with Gasteiger partial charge < -0.3 is 20.1 Å². The zero-order valence-electron chi connectivity index (χ0n) is 16.2. The maximum Gasteiger partial charge on any atom is 0.128 e. The Morgan fingerprint density at radius 3 is 2.74 bits per heavy atom. The molecule has 2 aliphatic heterocycles. The van der Waals surface area contributed by atoms with E-state index in [1.165, 1.54) is 11.1 Å². The Morgan fingerprint density at radius 2 is 2.04 bits per heavy atom. The molecule has 0 spiro atoms. The molecule has 0 radical (unpaired) electrons. The van der Waals surface area contributed by atoms with Crippen LogP contribution in [0.2, 0.25) is 0 Å². The lowest BCUT2D eigenvalue weighted by atomic mass is 9.98. The molecule has 2 N–H and O–H groups in total. The summed E-state index contributed by atoms with van der Waals surface area (Å²) in [5, 5.41) is 12.7. The van der Waals surface area contributed by atoms with Crippen LogP contribution < -0.4 is 15.0 Å². The molecule has 27 heavy (non-hydrogen) atoms. The van der Waals surface area contributed by atoms with Crippen LogP contribution in [0.4, 0.5) is 11.5 Å². The van der Waals surface area contributed by atoms with Crippen molar-refractivity contribution >= 4 is 11.5 Å². The molecule has 2 aliphatic rings. The highest BCUT2D eigenvalue weighted by molar-refractivity contribution is 5.51. The summed E-state index contributed by atoms with van der Waals surface area (Å²) in [6.45, 7) is 7.25. The van der Waals surface area contributed by atoms with Gasteiger partial charge in [0.05, 0.1) is 11.9 Å². The van der Waals surface area contributed by atoms with Crippen LogP contribution in [0.5, 0.6) is 5.75 Å². The number of hydrogen-bond donors (Lipinski definition) is 2. The zero-order valence-corrected chi connectivity index (χ0v) is 16.2. The van der Waals surface area contributed by atoms with E-state index in [0.29, 0.717) is 19.1 Å². The third-order valence-corrected chi connectivity index (χ3v) is 5.62. The summed E-state index contributed by atoms with van der Waals surface area (Å²) in [5.41, 5.74) is 3.49. The molecule has 0 saturated carbocycles. The first-order chi connectivity index (χ1) is 13.0. The average molecular weight is 367 g/mol. The quantitative estimate of drug-likeness (QED) is 0.845. The smallest absolute Gasteiger partial charge is 0.128 e. The van der Waals surface area contributed by atoms with Crippen LogP contribution in [0, 0.1) is 5.92 Å². The first-order valence-corrected chi connectivity index (χ1v) is 9.89. The highest BCUT2D eigenvalue weighted by Crippen LogP contribution is 2.37. The molecule has 144 valence electrons. The largest absolute Gasteiger partial charge is 0.487 e. The van der Waals surface area contributed by atoms with Gasteiger partial charge in [0.25, 0.3) is 0 Å². The van der Waals surface area contributed by atoms with Gasteiger partial charge in [0, 0.05) is 38.2 Å². The van der Waals surface area contributed by atoms with Gasteiger partial charge >= 0.3 is 0 Å². The number of anilines is 2. The second-order valence-electron chi connectivity index (χ2n) is 8.31. The summed E-state index contributed by atoms with van der Waals surface area (Å²) in [6, 6.07) is 10.5. The molecule has 0 aliphatic carbocycles. The molecule has 1 saturated heterocycles. The van der Waals surface area contributed by atoms with Crippen molar-refractivity contribution in [3.63, 3.8) is 0 Å². The minimum Gasteiger partial charge on any atom is -0.487 e. The van der Waals surface area contributed by atoms with Gasteiger partial charge in [0.2, 0.25) is 0 Å². The number of nitrogens with one attached hydrogen (secondary N) is 1. The molecule has 5 nitrogen and oxygen atoms in total. The molecule has 1 aromatic carbocycles. The predicted molar refractivity (Wildman–Crippen MR) is 108 cm³/mol. The fourth-order valence-electron chi connectivity index (χ4n) is 4.06. The van der Waals surface area contributed by atoms with E-state index in [9.17, 15) is 5.11 Å². The van der Waals surface area contributed by atoms with Crippen LogP contribution in [-0.2, 0) is 13.0 Å². The number of para-hydroxylation sites is 1. The second kappa shape index (κ2) is 7.39. The van der Waals surface area contributed by atoms with Crippen LogP contribution in [0.1, 0.15) is 37.8 Å². The minimum atomic E-state index is -0.123. The molecule has 2 aromatic rings. The molecule has 0 unspecified atom stereocenters. The maximum absolute atomic E-state index is 9.28. The van der Waals surface area contributed by atoms with E-state index in [-0.39, 0.29) is 5.60 Å². The van der Waals surface area contributed by atoms with E-state index in [2.05, 4.69) is 53.3 Å². The van der Waals surface area contributed by atoms with Crippen LogP contribution in [0.3, 0.4) is 0 Å². The minimum absolute atomic E-state index is 0.123. The van der Waals surface area contributed by atoms with Crippen molar-refractivity contribution in [3.05, 3.63) is 47.7 Å². The van der Waals surface area contributed by atoms with E-state index in [0.717, 1.165) is 49.6 Å². The zero-order chi connectivity index (χ0) is 18.9. The number of benzene rings is 1. The highest BCUT2D eigenvalue weighted by atomic mass is 16.5. The van der Waals surface area contributed by atoms with Gasteiger partial charge in [-0.3, -0.25) is 0 Å². The van der Waals surface area contributed by atoms with Gasteiger partial charge in [-0.2, -0.15) is 0 Å². The van der Waals surface area contributed by atoms with Crippen molar-refractivity contribution in [1.82, 2.24) is 4.98 Å².